The van der Waals surface area contributed by atoms with Gasteiger partial charge < -0.3 is 30.7 Å². The Labute approximate surface area is 192 Å². The molecule has 0 radical (unpaired) electrons. The van der Waals surface area contributed by atoms with Crippen molar-refractivity contribution in [2.24, 2.45) is 4.99 Å². The molecule has 0 aliphatic carbocycles. The monoisotopic (exact) mass is 529 g/mol. The first-order valence-electron chi connectivity index (χ1n) is 9.99. The number of alkyl carbamates (subject to hydrolysis) is 1. The number of guanidine groups is 1. The number of methoxy groups -OCH3 is 1. The predicted octanol–water partition coefficient (Wildman–Crippen LogP) is 2.01. The molecule has 0 heterocycles. The van der Waals surface area contributed by atoms with Gasteiger partial charge >= 0.3 is 6.09 Å². The Morgan fingerprint density at radius 1 is 1.10 bits per heavy atom. The fourth-order valence-electron chi connectivity index (χ4n) is 2.21. The van der Waals surface area contributed by atoms with Crippen molar-refractivity contribution in [1.82, 2.24) is 21.3 Å². The molecule has 0 saturated carbocycles. The largest absolute Gasteiger partial charge is 0.444 e. The second kappa shape index (κ2) is 17.5. The van der Waals surface area contributed by atoms with Crippen LogP contribution in [0, 0.1) is 0 Å². The van der Waals surface area contributed by atoms with Crippen LogP contribution in [0.1, 0.15) is 53.9 Å². The van der Waals surface area contributed by atoms with Crippen LogP contribution in [0.5, 0.6) is 0 Å². The van der Waals surface area contributed by atoms with Crippen molar-refractivity contribution in [3.8, 4) is 0 Å². The Bertz CT molecular complexity index is 484. The third kappa shape index (κ3) is 18.5. The van der Waals surface area contributed by atoms with E-state index < -0.39 is 11.7 Å². The first-order valence-corrected chi connectivity index (χ1v) is 9.99. The Balaban J connectivity index is 0. The summed E-state index contributed by atoms with van der Waals surface area (Å²) in [5.41, 5.74) is -0.539. The Morgan fingerprint density at radius 3 is 2.34 bits per heavy atom. The van der Waals surface area contributed by atoms with Crippen LogP contribution < -0.4 is 21.3 Å². The van der Waals surface area contributed by atoms with Crippen LogP contribution >= 0.6 is 24.0 Å². The van der Waals surface area contributed by atoms with E-state index in [0.29, 0.717) is 32.2 Å². The highest BCUT2D eigenvalue weighted by molar-refractivity contribution is 14.0. The number of ether oxygens (including phenoxy) is 2. The lowest BCUT2D eigenvalue weighted by atomic mass is 10.1. The van der Waals surface area contributed by atoms with Gasteiger partial charge in [-0.15, -0.1) is 24.0 Å². The normalized spacial score (nSPS) is 12.4. The molecule has 0 aliphatic heterocycles. The van der Waals surface area contributed by atoms with E-state index in [9.17, 15) is 9.59 Å². The lowest BCUT2D eigenvalue weighted by molar-refractivity contribution is -0.119. The molecule has 9 nitrogen and oxygen atoms in total. The zero-order chi connectivity index (χ0) is 21.4. The Kier molecular flexibility index (Phi) is 18.1. The minimum Gasteiger partial charge on any atom is -0.444 e. The van der Waals surface area contributed by atoms with Crippen molar-refractivity contribution in [1.29, 1.82) is 0 Å². The summed E-state index contributed by atoms with van der Waals surface area (Å²) in [7, 11) is 1.58. The van der Waals surface area contributed by atoms with Gasteiger partial charge in [-0.2, -0.15) is 0 Å². The van der Waals surface area contributed by atoms with Crippen molar-refractivity contribution in [3.63, 3.8) is 0 Å². The zero-order valence-corrected chi connectivity index (χ0v) is 21.1. The summed E-state index contributed by atoms with van der Waals surface area (Å²) in [4.78, 5) is 28.1. The molecule has 0 rings (SSSR count). The van der Waals surface area contributed by atoms with Gasteiger partial charge in [0.1, 0.15) is 12.1 Å². The summed E-state index contributed by atoms with van der Waals surface area (Å²) in [5, 5.41) is 11.9. The summed E-state index contributed by atoms with van der Waals surface area (Å²) in [6, 6.07) is -0.0261. The summed E-state index contributed by atoms with van der Waals surface area (Å²) in [6.07, 6.45) is 2.46. The van der Waals surface area contributed by atoms with Gasteiger partial charge in [0.25, 0.3) is 0 Å². The van der Waals surface area contributed by atoms with Crippen LogP contribution in [-0.4, -0.2) is 69.5 Å². The van der Waals surface area contributed by atoms with Crippen molar-refractivity contribution in [2.45, 2.75) is 65.5 Å². The molecule has 1 unspecified atom stereocenters. The van der Waals surface area contributed by atoms with Gasteiger partial charge in [-0.1, -0.05) is 19.8 Å². The molecule has 0 fully saturated rings. The summed E-state index contributed by atoms with van der Waals surface area (Å²) in [6.45, 7) is 11.5. The van der Waals surface area contributed by atoms with Crippen LogP contribution in [0.15, 0.2) is 4.99 Å². The van der Waals surface area contributed by atoms with E-state index in [-0.39, 0.29) is 42.5 Å². The molecule has 0 saturated heterocycles. The zero-order valence-electron chi connectivity index (χ0n) is 18.7. The van der Waals surface area contributed by atoms with E-state index in [1.165, 1.54) is 0 Å². The first kappa shape index (κ1) is 29.9. The van der Waals surface area contributed by atoms with E-state index in [1.54, 1.807) is 7.11 Å². The van der Waals surface area contributed by atoms with Gasteiger partial charge in [0.2, 0.25) is 5.91 Å². The van der Waals surface area contributed by atoms with Crippen LogP contribution in [0.25, 0.3) is 0 Å². The van der Waals surface area contributed by atoms with Gasteiger partial charge in [0.05, 0.1) is 6.61 Å². The predicted molar refractivity (Wildman–Crippen MR) is 127 cm³/mol. The molecule has 2 amide bonds. The molecule has 1 atom stereocenters. The maximum Gasteiger partial charge on any atom is 0.407 e. The molecular formula is C19H40IN5O4. The van der Waals surface area contributed by atoms with Crippen LogP contribution in [-0.2, 0) is 14.3 Å². The molecule has 10 heteroatoms. The molecular weight excluding hydrogens is 489 g/mol. The molecule has 29 heavy (non-hydrogen) atoms. The minimum atomic E-state index is -0.539. The SMILES string of the molecule is CCCCC(CNC(=O)OC(C)(C)C)NC(=NCC(=O)NCCOC)NCC.I. The van der Waals surface area contributed by atoms with Gasteiger partial charge in [0, 0.05) is 32.8 Å². The summed E-state index contributed by atoms with van der Waals surface area (Å²) < 4.78 is 10.2. The van der Waals surface area contributed by atoms with E-state index >= 15 is 0 Å². The Hall–Kier alpha value is -1.30. The molecule has 0 aromatic heterocycles. The highest BCUT2D eigenvalue weighted by Gasteiger charge is 2.18. The number of carbonyl (C=O) groups is 2. The molecule has 0 aromatic carbocycles. The second-order valence-electron chi connectivity index (χ2n) is 7.40. The molecule has 4 N–H and O–H groups in total. The second-order valence-corrected chi connectivity index (χ2v) is 7.40. The lowest BCUT2D eigenvalue weighted by Crippen LogP contribution is -2.49. The highest BCUT2D eigenvalue weighted by Crippen LogP contribution is 2.07. The number of hydrogen-bond donors (Lipinski definition) is 4. The standard InChI is InChI=1S/C19H39N5O4.HI/c1-7-9-10-15(13-23-18(26)28-19(3,4)5)24-17(20-8-2)22-14-16(25)21-11-12-27-6;/h15H,7-14H2,1-6H3,(H,21,25)(H,23,26)(H2,20,22,24);1H. The molecule has 0 bridgehead atoms. The maximum atomic E-state index is 11.9. The number of nitrogens with one attached hydrogen (secondary N) is 4. The average molecular weight is 529 g/mol. The molecule has 0 aromatic rings. The molecule has 172 valence electrons. The number of rotatable bonds is 12. The number of unbranched alkanes of at least 4 members (excludes halogenated alkanes) is 1. The number of nitrogens with zero attached hydrogens (tertiary/aromatic N) is 1. The van der Waals surface area contributed by atoms with Crippen molar-refractivity contribution < 1.29 is 19.1 Å². The quantitative estimate of drug-likeness (QED) is 0.133. The Morgan fingerprint density at radius 2 is 1.79 bits per heavy atom. The van der Waals surface area contributed by atoms with Gasteiger partial charge in [0.15, 0.2) is 5.96 Å². The van der Waals surface area contributed by atoms with Crippen LogP contribution in [0.3, 0.4) is 0 Å². The lowest BCUT2D eigenvalue weighted by Gasteiger charge is -2.24. The highest BCUT2D eigenvalue weighted by atomic mass is 127. The first-order chi connectivity index (χ1) is 13.2. The van der Waals surface area contributed by atoms with E-state index in [2.05, 4.69) is 33.2 Å². The van der Waals surface area contributed by atoms with Gasteiger partial charge in [-0.3, -0.25) is 4.79 Å². The van der Waals surface area contributed by atoms with Crippen molar-refractivity contribution in [3.05, 3.63) is 0 Å². The third-order valence-electron chi connectivity index (χ3n) is 3.49. The van der Waals surface area contributed by atoms with E-state index in [4.69, 9.17) is 9.47 Å². The minimum absolute atomic E-state index is 0. The summed E-state index contributed by atoms with van der Waals surface area (Å²) in [5.74, 6) is 0.364. The number of hydrogen-bond acceptors (Lipinski definition) is 5. The van der Waals surface area contributed by atoms with E-state index in [0.717, 1.165) is 19.3 Å². The average Bonchev–Trinajstić information content (AvgIpc) is 2.60. The van der Waals surface area contributed by atoms with Crippen molar-refractivity contribution >= 4 is 41.9 Å². The molecule has 0 aliphatic rings. The third-order valence-corrected chi connectivity index (χ3v) is 3.49. The fraction of sp³-hybridized carbons (Fsp3) is 0.842. The van der Waals surface area contributed by atoms with Crippen molar-refractivity contribution in [2.75, 3.05) is 39.9 Å². The smallest absolute Gasteiger partial charge is 0.407 e. The van der Waals surface area contributed by atoms with Crippen LogP contribution in [0.4, 0.5) is 4.79 Å². The number of halogens is 1. The van der Waals surface area contributed by atoms with Crippen LogP contribution in [0.2, 0.25) is 0 Å². The number of amides is 2. The molecule has 0 spiro atoms. The maximum absolute atomic E-state index is 11.9. The van der Waals surface area contributed by atoms with Gasteiger partial charge in [-0.25, -0.2) is 9.79 Å². The van der Waals surface area contributed by atoms with E-state index in [1.807, 2.05) is 27.7 Å². The number of carbonyl (C=O) groups excluding carboxylic acids is 2. The van der Waals surface area contributed by atoms with Gasteiger partial charge in [-0.05, 0) is 34.1 Å². The number of aliphatic imine (C=N–C) groups is 1. The summed E-state index contributed by atoms with van der Waals surface area (Å²) >= 11 is 0. The topological polar surface area (TPSA) is 113 Å². The fourth-order valence-corrected chi connectivity index (χ4v) is 2.21.